The fourth-order valence-electron chi connectivity index (χ4n) is 2.35. The van der Waals surface area contributed by atoms with Crippen LogP contribution in [0, 0.1) is 5.82 Å². The second kappa shape index (κ2) is 5.06. The Labute approximate surface area is 113 Å². The lowest BCUT2D eigenvalue weighted by Gasteiger charge is -2.43. The summed E-state index contributed by atoms with van der Waals surface area (Å²) in [7, 11) is 0. The fraction of sp³-hybridized carbons (Fsp3) is 0.571. The Balaban J connectivity index is 2.08. The predicted molar refractivity (Wildman–Crippen MR) is 74.9 cm³/mol. The molecule has 0 bridgehead atoms. The molecule has 1 aliphatic rings. The van der Waals surface area contributed by atoms with E-state index >= 15 is 0 Å². The van der Waals surface area contributed by atoms with Crippen LogP contribution in [0.15, 0.2) is 18.2 Å². The van der Waals surface area contributed by atoms with Crippen molar-refractivity contribution in [3.63, 3.8) is 0 Å². The molecule has 0 spiro atoms. The van der Waals surface area contributed by atoms with Crippen molar-refractivity contribution >= 4 is 17.3 Å². The van der Waals surface area contributed by atoms with E-state index in [0.717, 1.165) is 31.9 Å². The zero-order chi connectivity index (χ0) is 13.3. The Bertz CT molecular complexity index is 420. The molecular weight excluding hydrogens is 251 g/mol. The minimum absolute atomic E-state index is 0.192. The maximum absolute atomic E-state index is 13.3. The lowest BCUT2D eigenvalue weighted by Crippen LogP contribution is -2.53. The topological polar surface area (TPSA) is 6.48 Å². The van der Waals surface area contributed by atoms with Crippen molar-refractivity contribution in [2.45, 2.75) is 26.3 Å². The second-order valence-corrected chi connectivity index (χ2v) is 6.15. The van der Waals surface area contributed by atoms with Crippen LogP contribution in [0.3, 0.4) is 0 Å². The van der Waals surface area contributed by atoms with Crippen LogP contribution >= 0.6 is 11.6 Å². The number of rotatable bonds is 1. The maximum atomic E-state index is 13.3. The number of hydrogen-bond acceptors (Lipinski definition) is 2. The highest BCUT2D eigenvalue weighted by molar-refractivity contribution is 6.33. The highest BCUT2D eigenvalue weighted by atomic mass is 35.5. The van der Waals surface area contributed by atoms with E-state index in [2.05, 4.69) is 30.6 Å². The fourth-order valence-corrected chi connectivity index (χ4v) is 2.58. The van der Waals surface area contributed by atoms with E-state index in [1.54, 1.807) is 6.07 Å². The molecule has 0 radical (unpaired) electrons. The number of piperazine rings is 1. The van der Waals surface area contributed by atoms with Gasteiger partial charge in [0.15, 0.2) is 0 Å². The summed E-state index contributed by atoms with van der Waals surface area (Å²) in [6.07, 6.45) is 0. The van der Waals surface area contributed by atoms with Crippen LogP contribution in [0.2, 0.25) is 5.02 Å². The minimum atomic E-state index is -0.229. The van der Waals surface area contributed by atoms with Gasteiger partial charge in [0, 0.05) is 31.7 Å². The summed E-state index contributed by atoms with van der Waals surface area (Å²) in [4.78, 5) is 4.60. The molecule has 1 heterocycles. The summed E-state index contributed by atoms with van der Waals surface area (Å²) in [6.45, 7) is 10.4. The molecule has 18 heavy (non-hydrogen) atoms. The molecule has 1 aliphatic heterocycles. The van der Waals surface area contributed by atoms with Crippen LogP contribution in [-0.4, -0.2) is 36.6 Å². The van der Waals surface area contributed by atoms with E-state index in [1.807, 2.05) is 0 Å². The predicted octanol–water partition coefficient (Wildman–Crippen LogP) is 3.40. The van der Waals surface area contributed by atoms with Gasteiger partial charge in [-0.2, -0.15) is 0 Å². The molecule has 100 valence electrons. The van der Waals surface area contributed by atoms with Gasteiger partial charge >= 0.3 is 0 Å². The van der Waals surface area contributed by atoms with E-state index in [4.69, 9.17) is 11.6 Å². The van der Waals surface area contributed by atoms with Crippen molar-refractivity contribution in [1.82, 2.24) is 4.90 Å². The summed E-state index contributed by atoms with van der Waals surface area (Å²) in [5.41, 5.74) is 1.00. The zero-order valence-corrected chi connectivity index (χ0v) is 12.0. The molecule has 1 aromatic rings. The lowest BCUT2D eigenvalue weighted by molar-refractivity contribution is 0.128. The molecule has 1 fully saturated rings. The highest BCUT2D eigenvalue weighted by Crippen LogP contribution is 2.28. The van der Waals surface area contributed by atoms with Gasteiger partial charge in [0.2, 0.25) is 0 Å². The van der Waals surface area contributed by atoms with Crippen molar-refractivity contribution < 1.29 is 4.39 Å². The van der Waals surface area contributed by atoms with E-state index < -0.39 is 0 Å². The Morgan fingerprint density at radius 2 is 1.72 bits per heavy atom. The molecule has 0 aromatic heterocycles. The molecule has 0 atom stereocenters. The van der Waals surface area contributed by atoms with Crippen molar-refractivity contribution in [3.05, 3.63) is 29.0 Å². The summed E-state index contributed by atoms with van der Waals surface area (Å²) in [5.74, 6) is -0.229. The normalized spacial score (nSPS) is 18.2. The number of hydrogen-bond donors (Lipinski definition) is 0. The summed E-state index contributed by atoms with van der Waals surface area (Å²) < 4.78 is 13.3. The summed E-state index contributed by atoms with van der Waals surface area (Å²) in [6, 6.07) is 4.55. The average Bonchev–Trinajstić information content (AvgIpc) is 2.31. The molecular formula is C14H20ClFN2. The molecule has 2 nitrogen and oxygen atoms in total. The molecule has 0 amide bonds. The van der Waals surface area contributed by atoms with Gasteiger partial charge < -0.3 is 4.90 Å². The van der Waals surface area contributed by atoms with Gasteiger partial charge in [0.05, 0.1) is 10.7 Å². The van der Waals surface area contributed by atoms with Gasteiger partial charge in [-0.1, -0.05) is 11.6 Å². The van der Waals surface area contributed by atoms with Gasteiger partial charge in [-0.15, -0.1) is 0 Å². The third-order valence-electron chi connectivity index (χ3n) is 3.48. The second-order valence-electron chi connectivity index (χ2n) is 5.74. The first-order chi connectivity index (χ1) is 8.38. The largest absolute Gasteiger partial charge is 0.368 e. The molecule has 1 aromatic carbocycles. The summed E-state index contributed by atoms with van der Waals surface area (Å²) in [5, 5.41) is 0.626. The minimum Gasteiger partial charge on any atom is -0.368 e. The van der Waals surface area contributed by atoms with Gasteiger partial charge in [0.25, 0.3) is 0 Å². The molecule has 0 N–H and O–H groups in total. The smallest absolute Gasteiger partial charge is 0.125 e. The summed E-state index contributed by atoms with van der Waals surface area (Å²) >= 11 is 6.13. The average molecular weight is 271 g/mol. The molecule has 2 rings (SSSR count). The first-order valence-corrected chi connectivity index (χ1v) is 6.71. The number of anilines is 1. The lowest BCUT2D eigenvalue weighted by atomic mass is 10.0. The molecule has 0 saturated carbocycles. The van der Waals surface area contributed by atoms with Crippen LogP contribution in [0.25, 0.3) is 0 Å². The van der Waals surface area contributed by atoms with Gasteiger partial charge in [0.1, 0.15) is 5.82 Å². The van der Waals surface area contributed by atoms with Gasteiger partial charge in [-0.25, -0.2) is 4.39 Å². The van der Waals surface area contributed by atoms with Crippen molar-refractivity contribution in [2.75, 3.05) is 31.1 Å². The van der Waals surface area contributed by atoms with Crippen LogP contribution in [0.4, 0.5) is 10.1 Å². The quantitative estimate of drug-likeness (QED) is 0.772. The number of nitrogens with zero attached hydrogens (tertiary/aromatic N) is 2. The Hall–Kier alpha value is -0.800. The SMILES string of the molecule is CC(C)(C)N1CCN(c2cc(F)ccc2Cl)CC1. The van der Waals surface area contributed by atoms with Crippen LogP contribution in [-0.2, 0) is 0 Å². The highest BCUT2D eigenvalue weighted by Gasteiger charge is 2.26. The number of halogens is 2. The van der Waals surface area contributed by atoms with Crippen LogP contribution in [0.5, 0.6) is 0 Å². The van der Waals surface area contributed by atoms with Gasteiger partial charge in [-0.3, -0.25) is 4.90 Å². The maximum Gasteiger partial charge on any atom is 0.125 e. The Morgan fingerprint density at radius 1 is 1.11 bits per heavy atom. The van der Waals surface area contributed by atoms with Crippen molar-refractivity contribution in [2.24, 2.45) is 0 Å². The Kier molecular flexibility index (Phi) is 3.83. The van der Waals surface area contributed by atoms with Crippen LogP contribution in [0.1, 0.15) is 20.8 Å². The van der Waals surface area contributed by atoms with E-state index in [-0.39, 0.29) is 11.4 Å². The number of benzene rings is 1. The molecule has 4 heteroatoms. The van der Waals surface area contributed by atoms with Crippen molar-refractivity contribution in [1.29, 1.82) is 0 Å². The van der Waals surface area contributed by atoms with Gasteiger partial charge in [-0.05, 0) is 39.0 Å². The zero-order valence-electron chi connectivity index (χ0n) is 11.2. The standard InChI is InChI=1S/C14H20ClFN2/c1-14(2,3)18-8-6-17(7-9-18)13-10-11(16)4-5-12(13)15/h4-5,10H,6-9H2,1-3H3. The van der Waals surface area contributed by atoms with E-state index in [0.29, 0.717) is 5.02 Å². The third-order valence-corrected chi connectivity index (χ3v) is 3.80. The third kappa shape index (κ3) is 2.96. The van der Waals surface area contributed by atoms with E-state index in [1.165, 1.54) is 12.1 Å². The first-order valence-electron chi connectivity index (χ1n) is 6.33. The van der Waals surface area contributed by atoms with E-state index in [9.17, 15) is 4.39 Å². The Morgan fingerprint density at radius 3 is 2.28 bits per heavy atom. The first kappa shape index (κ1) is 13.6. The molecule has 0 unspecified atom stereocenters. The van der Waals surface area contributed by atoms with Crippen LogP contribution < -0.4 is 4.90 Å². The molecule has 0 aliphatic carbocycles. The monoisotopic (exact) mass is 270 g/mol. The van der Waals surface area contributed by atoms with Crippen molar-refractivity contribution in [3.8, 4) is 0 Å². The molecule has 1 saturated heterocycles.